The molecule has 20 heavy (non-hydrogen) atoms. The predicted molar refractivity (Wildman–Crippen MR) is 84.2 cm³/mol. The van der Waals surface area contributed by atoms with Crippen molar-refractivity contribution in [3.8, 4) is 11.4 Å². The van der Waals surface area contributed by atoms with Crippen molar-refractivity contribution in [2.75, 3.05) is 7.11 Å². The Hall–Kier alpha value is -1.60. The zero-order valence-corrected chi connectivity index (χ0v) is 13.7. The summed E-state index contributed by atoms with van der Waals surface area (Å²) in [5, 5.41) is 4.42. The molecular formula is C13H13BrN4OS. The standard InChI is InChI=1S/C13H13BrN4OS/c1-7-11-12(17(2)16-7)18(13(20)15-11)10-6-8(19-3)4-5-9(10)14/h4-6H,1-3H3,(H,15,20). The maximum absolute atomic E-state index is 5.45. The molecule has 0 aliphatic heterocycles. The number of nitrogens with zero attached hydrogens (tertiary/aromatic N) is 3. The van der Waals surface area contributed by atoms with Gasteiger partial charge in [0.15, 0.2) is 10.4 Å². The minimum Gasteiger partial charge on any atom is -0.497 e. The SMILES string of the molecule is COc1ccc(Br)c(-n2c(=S)[nH]c3c(C)nn(C)c32)c1. The molecule has 0 spiro atoms. The van der Waals surface area contributed by atoms with E-state index in [1.807, 2.05) is 41.4 Å². The summed E-state index contributed by atoms with van der Waals surface area (Å²) in [5.74, 6) is 0.776. The van der Waals surface area contributed by atoms with E-state index in [0.717, 1.165) is 32.8 Å². The second-order valence-corrected chi connectivity index (χ2v) is 5.73. The molecule has 5 nitrogen and oxygen atoms in total. The van der Waals surface area contributed by atoms with Gasteiger partial charge < -0.3 is 9.72 Å². The largest absolute Gasteiger partial charge is 0.497 e. The third kappa shape index (κ3) is 1.89. The Labute approximate surface area is 129 Å². The zero-order chi connectivity index (χ0) is 14.4. The predicted octanol–water partition coefficient (Wildman–Crippen LogP) is 3.50. The summed E-state index contributed by atoms with van der Waals surface area (Å²) in [5.41, 5.74) is 3.73. The number of aromatic amines is 1. The Kier molecular flexibility index (Phi) is 3.18. The van der Waals surface area contributed by atoms with Crippen LogP contribution in [0.4, 0.5) is 0 Å². The number of benzene rings is 1. The second kappa shape index (κ2) is 4.75. The minimum absolute atomic E-state index is 0.630. The summed E-state index contributed by atoms with van der Waals surface area (Å²) >= 11 is 9.02. The van der Waals surface area contributed by atoms with Gasteiger partial charge in [-0.2, -0.15) is 5.10 Å². The Balaban J connectivity index is 2.40. The molecule has 0 atom stereocenters. The molecule has 0 saturated carbocycles. The summed E-state index contributed by atoms with van der Waals surface area (Å²) in [7, 11) is 3.55. The molecule has 2 heterocycles. The third-order valence-corrected chi connectivity index (χ3v) is 4.19. The van der Waals surface area contributed by atoms with Crippen LogP contribution in [0.15, 0.2) is 22.7 Å². The molecule has 0 radical (unpaired) electrons. The number of aromatic nitrogens is 4. The quantitative estimate of drug-likeness (QED) is 0.718. The lowest BCUT2D eigenvalue weighted by Crippen LogP contribution is -2.02. The number of aryl methyl sites for hydroxylation is 2. The van der Waals surface area contributed by atoms with Crippen LogP contribution in [0.1, 0.15) is 5.69 Å². The van der Waals surface area contributed by atoms with Gasteiger partial charge in [0.25, 0.3) is 0 Å². The van der Waals surface area contributed by atoms with Crippen LogP contribution in [0.5, 0.6) is 5.75 Å². The first kappa shape index (κ1) is 13.4. The van der Waals surface area contributed by atoms with Crippen molar-refractivity contribution in [1.82, 2.24) is 19.3 Å². The topological polar surface area (TPSA) is 47.8 Å². The Morgan fingerprint density at radius 1 is 1.40 bits per heavy atom. The van der Waals surface area contributed by atoms with Crippen molar-refractivity contribution in [3.05, 3.63) is 33.1 Å². The average Bonchev–Trinajstić information content (AvgIpc) is 2.89. The molecule has 2 aromatic heterocycles. The number of methoxy groups -OCH3 is 1. The molecule has 3 rings (SSSR count). The summed E-state index contributed by atoms with van der Waals surface area (Å²) in [6, 6.07) is 5.78. The van der Waals surface area contributed by atoms with Crippen molar-refractivity contribution in [2.24, 2.45) is 7.05 Å². The molecule has 0 aliphatic rings. The van der Waals surface area contributed by atoms with E-state index in [4.69, 9.17) is 17.0 Å². The van der Waals surface area contributed by atoms with E-state index in [0.29, 0.717) is 4.77 Å². The lowest BCUT2D eigenvalue weighted by atomic mass is 10.3. The van der Waals surface area contributed by atoms with Crippen LogP contribution in [0, 0.1) is 11.7 Å². The van der Waals surface area contributed by atoms with Crippen LogP contribution >= 0.6 is 28.1 Å². The Morgan fingerprint density at radius 2 is 2.15 bits per heavy atom. The highest BCUT2D eigenvalue weighted by Crippen LogP contribution is 2.29. The number of hydrogen-bond acceptors (Lipinski definition) is 3. The van der Waals surface area contributed by atoms with Crippen molar-refractivity contribution >= 4 is 39.3 Å². The Bertz CT molecular complexity index is 861. The monoisotopic (exact) mass is 352 g/mol. The highest BCUT2D eigenvalue weighted by molar-refractivity contribution is 9.10. The molecule has 0 aliphatic carbocycles. The van der Waals surface area contributed by atoms with Gasteiger partial charge in [-0.25, -0.2) is 4.68 Å². The molecule has 1 aromatic carbocycles. The van der Waals surface area contributed by atoms with Gasteiger partial charge in [0, 0.05) is 17.6 Å². The van der Waals surface area contributed by atoms with Gasteiger partial charge in [-0.05, 0) is 47.2 Å². The number of halogens is 1. The first-order chi connectivity index (χ1) is 9.52. The number of fused-ring (bicyclic) bond motifs is 1. The van der Waals surface area contributed by atoms with Gasteiger partial charge in [-0.15, -0.1) is 0 Å². The summed E-state index contributed by atoms with van der Waals surface area (Å²) < 4.78 is 10.6. The number of nitrogens with one attached hydrogen (secondary N) is 1. The Morgan fingerprint density at radius 3 is 2.85 bits per heavy atom. The van der Waals surface area contributed by atoms with Crippen LogP contribution in [-0.2, 0) is 7.05 Å². The molecule has 0 fully saturated rings. The molecule has 7 heteroatoms. The molecule has 0 amide bonds. The van der Waals surface area contributed by atoms with Gasteiger partial charge in [0.05, 0.1) is 18.5 Å². The van der Waals surface area contributed by atoms with Crippen LogP contribution in [0.3, 0.4) is 0 Å². The first-order valence-electron chi connectivity index (χ1n) is 6.01. The van der Waals surface area contributed by atoms with Crippen LogP contribution < -0.4 is 4.74 Å². The van der Waals surface area contributed by atoms with Gasteiger partial charge in [-0.1, -0.05) is 0 Å². The summed E-state index contributed by atoms with van der Waals surface area (Å²) in [6.07, 6.45) is 0. The van der Waals surface area contributed by atoms with E-state index in [1.54, 1.807) is 7.11 Å². The molecular weight excluding hydrogens is 340 g/mol. The molecule has 104 valence electrons. The maximum atomic E-state index is 5.45. The highest BCUT2D eigenvalue weighted by Gasteiger charge is 2.16. The number of H-pyrrole nitrogens is 1. The summed E-state index contributed by atoms with van der Waals surface area (Å²) in [4.78, 5) is 3.21. The number of hydrogen-bond donors (Lipinski definition) is 1. The maximum Gasteiger partial charge on any atom is 0.184 e. The lowest BCUT2D eigenvalue weighted by molar-refractivity contribution is 0.414. The molecule has 1 N–H and O–H groups in total. The van der Waals surface area contributed by atoms with Gasteiger partial charge >= 0.3 is 0 Å². The van der Waals surface area contributed by atoms with Crippen molar-refractivity contribution in [2.45, 2.75) is 6.92 Å². The van der Waals surface area contributed by atoms with E-state index in [2.05, 4.69) is 26.0 Å². The lowest BCUT2D eigenvalue weighted by Gasteiger charge is -2.09. The number of rotatable bonds is 2. The smallest absolute Gasteiger partial charge is 0.184 e. The van der Waals surface area contributed by atoms with E-state index in [1.165, 1.54) is 0 Å². The zero-order valence-electron chi connectivity index (χ0n) is 11.3. The fourth-order valence-electron chi connectivity index (χ4n) is 2.32. The van der Waals surface area contributed by atoms with Crippen molar-refractivity contribution in [1.29, 1.82) is 0 Å². The fraction of sp³-hybridized carbons (Fsp3) is 0.231. The highest BCUT2D eigenvalue weighted by atomic mass is 79.9. The van der Waals surface area contributed by atoms with Crippen molar-refractivity contribution < 1.29 is 4.74 Å². The van der Waals surface area contributed by atoms with Gasteiger partial charge in [0.2, 0.25) is 0 Å². The molecule has 0 saturated heterocycles. The summed E-state index contributed by atoms with van der Waals surface area (Å²) in [6.45, 7) is 1.96. The van der Waals surface area contributed by atoms with Crippen LogP contribution in [-0.4, -0.2) is 26.4 Å². The molecule has 3 aromatic rings. The second-order valence-electron chi connectivity index (χ2n) is 4.49. The number of imidazole rings is 1. The van der Waals surface area contributed by atoms with Crippen molar-refractivity contribution in [3.63, 3.8) is 0 Å². The first-order valence-corrected chi connectivity index (χ1v) is 7.21. The van der Waals surface area contributed by atoms with E-state index < -0.39 is 0 Å². The molecule has 0 unspecified atom stereocenters. The van der Waals surface area contributed by atoms with E-state index >= 15 is 0 Å². The van der Waals surface area contributed by atoms with Crippen LogP contribution in [0.25, 0.3) is 16.9 Å². The van der Waals surface area contributed by atoms with Gasteiger partial charge in [0.1, 0.15) is 11.3 Å². The minimum atomic E-state index is 0.630. The number of ether oxygens (including phenoxy) is 1. The normalized spacial score (nSPS) is 11.2. The fourth-order valence-corrected chi connectivity index (χ4v) is 3.03. The van der Waals surface area contributed by atoms with Gasteiger partial charge in [-0.3, -0.25) is 4.57 Å². The van der Waals surface area contributed by atoms with E-state index in [-0.39, 0.29) is 0 Å². The van der Waals surface area contributed by atoms with Crippen LogP contribution in [0.2, 0.25) is 0 Å². The molecule has 0 bridgehead atoms. The third-order valence-electron chi connectivity index (χ3n) is 3.23. The van der Waals surface area contributed by atoms with E-state index in [9.17, 15) is 0 Å². The average molecular weight is 353 g/mol.